The van der Waals surface area contributed by atoms with Crippen LogP contribution in [0.5, 0.6) is 5.75 Å². The molecule has 1 aromatic heterocycles. The highest BCUT2D eigenvalue weighted by Gasteiger charge is 2.06. The summed E-state index contributed by atoms with van der Waals surface area (Å²) in [4.78, 5) is 15.6. The number of aromatic nitrogens is 1. The predicted octanol–water partition coefficient (Wildman–Crippen LogP) is 0.961. The summed E-state index contributed by atoms with van der Waals surface area (Å²) >= 11 is 0. The van der Waals surface area contributed by atoms with E-state index in [0.717, 1.165) is 16.7 Å². The molecule has 18 heavy (non-hydrogen) atoms. The van der Waals surface area contributed by atoms with Gasteiger partial charge in [0.15, 0.2) is 0 Å². The highest BCUT2D eigenvalue weighted by atomic mass is 16.7. The molecule has 3 N–H and O–H groups in total. The maximum Gasteiger partial charge on any atom is 0.328 e. The highest BCUT2D eigenvalue weighted by Crippen LogP contribution is 2.21. The van der Waals surface area contributed by atoms with Gasteiger partial charge < -0.3 is 14.1 Å². The van der Waals surface area contributed by atoms with Gasteiger partial charge in [-0.05, 0) is 24.3 Å². The van der Waals surface area contributed by atoms with Crippen molar-refractivity contribution < 1.29 is 14.4 Å². The van der Waals surface area contributed by atoms with Crippen LogP contribution in [0, 0.1) is 0 Å². The van der Waals surface area contributed by atoms with Gasteiger partial charge in [0, 0.05) is 23.6 Å². The van der Waals surface area contributed by atoms with Crippen molar-refractivity contribution in [2.45, 2.75) is 13.0 Å². The molecule has 0 unspecified atom stereocenters. The molecule has 0 saturated carbocycles. The average molecular weight is 249 g/mol. The summed E-state index contributed by atoms with van der Waals surface area (Å²) in [6, 6.07) is 7.77. The molecular weight excluding hydrogens is 234 g/mol. The molecule has 6 heteroatoms. The number of hydrogen-bond donors (Lipinski definition) is 2. The molecule has 0 aliphatic heterocycles. The summed E-state index contributed by atoms with van der Waals surface area (Å²) in [6.45, 7) is 0.538. The maximum atomic E-state index is 11.2. The normalized spacial score (nSPS) is 10.6. The molecule has 2 rings (SSSR count). The lowest BCUT2D eigenvalue weighted by molar-refractivity contribution is -0.151. The van der Waals surface area contributed by atoms with Crippen molar-refractivity contribution in [3.05, 3.63) is 30.5 Å². The molecule has 1 aromatic carbocycles. The number of carbonyl (C=O) groups is 1. The summed E-state index contributed by atoms with van der Waals surface area (Å²) in [5.74, 6) is 5.30. The molecule has 0 saturated heterocycles. The second kappa shape index (κ2) is 5.52. The van der Waals surface area contributed by atoms with Gasteiger partial charge in [0.2, 0.25) is 0 Å². The number of hydrazine groups is 1. The summed E-state index contributed by atoms with van der Waals surface area (Å²) in [6.07, 6.45) is 2.17. The van der Waals surface area contributed by atoms with Crippen LogP contribution in [-0.4, -0.2) is 17.6 Å². The van der Waals surface area contributed by atoms with Crippen molar-refractivity contribution in [3.63, 3.8) is 0 Å². The van der Waals surface area contributed by atoms with Crippen LogP contribution < -0.4 is 16.2 Å². The Morgan fingerprint density at radius 3 is 3.00 bits per heavy atom. The lowest BCUT2D eigenvalue weighted by Gasteiger charge is -2.05. The molecule has 0 atom stereocenters. The van der Waals surface area contributed by atoms with Gasteiger partial charge in [0.05, 0.1) is 13.5 Å². The zero-order valence-corrected chi connectivity index (χ0v) is 10.1. The van der Waals surface area contributed by atoms with Crippen LogP contribution in [0.25, 0.3) is 10.9 Å². The SMILES string of the molecule is COc1ccc2c(ccn2CCC(=O)ONN)c1. The quantitative estimate of drug-likeness (QED) is 0.609. The number of nitrogens with one attached hydrogen (secondary N) is 1. The maximum absolute atomic E-state index is 11.2. The molecule has 96 valence electrons. The number of nitrogens with zero attached hydrogens (tertiary/aromatic N) is 1. The van der Waals surface area contributed by atoms with Crippen LogP contribution in [0.15, 0.2) is 30.5 Å². The fourth-order valence-electron chi connectivity index (χ4n) is 1.83. The van der Waals surface area contributed by atoms with Crippen molar-refractivity contribution >= 4 is 16.9 Å². The van der Waals surface area contributed by atoms with Crippen molar-refractivity contribution in [2.24, 2.45) is 5.84 Å². The molecule has 0 bridgehead atoms. The first-order chi connectivity index (χ1) is 8.74. The number of methoxy groups -OCH3 is 1. The minimum atomic E-state index is -0.395. The lowest BCUT2D eigenvalue weighted by atomic mass is 10.2. The molecule has 0 spiro atoms. The minimum Gasteiger partial charge on any atom is -0.497 e. The number of fused-ring (bicyclic) bond motifs is 1. The highest BCUT2D eigenvalue weighted by molar-refractivity contribution is 5.81. The van der Waals surface area contributed by atoms with Gasteiger partial charge in [0.1, 0.15) is 5.75 Å². The number of carbonyl (C=O) groups excluding carboxylic acids is 1. The largest absolute Gasteiger partial charge is 0.497 e. The van der Waals surface area contributed by atoms with Crippen molar-refractivity contribution in [3.8, 4) is 5.75 Å². The molecule has 0 amide bonds. The number of nitrogens with two attached hydrogens (primary N) is 1. The Hall–Kier alpha value is -2.05. The molecule has 6 nitrogen and oxygen atoms in total. The van der Waals surface area contributed by atoms with Crippen LogP contribution in [0.3, 0.4) is 0 Å². The Balaban J connectivity index is 2.12. The summed E-state index contributed by atoms with van der Waals surface area (Å²) < 4.78 is 7.13. The Bertz CT molecular complexity index is 550. The third-order valence-electron chi connectivity index (χ3n) is 2.71. The van der Waals surface area contributed by atoms with Gasteiger partial charge in [-0.15, -0.1) is 0 Å². The zero-order chi connectivity index (χ0) is 13.0. The van der Waals surface area contributed by atoms with E-state index in [1.807, 2.05) is 40.6 Å². The molecule has 0 fully saturated rings. The van der Waals surface area contributed by atoms with Gasteiger partial charge in [-0.25, -0.2) is 5.84 Å². The van der Waals surface area contributed by atoms with E-state index in [2.05, 4.69) is 4.84 Å². The smallest absolute Gasteiger partial charge is 0.328 e. The molecule has 2 aromatic rings. The third kappa shape index (κ3) is 2.61. The van der Waals surface area contributed by atoms with E-state index in [4.69, 9.17) is 10.6 Å². The number of aryl methyl sites for hydroxylation is 1. The first kappa shape index (κ1) is 12.4. The number of rotatable bonds is 5. The van der Waals surface area contributed by atoms with E-state index < -0.39 is 5.97 Å². The Morgan fingerprint density at radius 2 is 2.28 bits per heavy atom. The fourth-order valence-corrected chi connectivity index (χ4v) is 1.83. The van der Waals surface area contributed by atoms with E-state index in [1.165, 1.54) is 0 Å². The number of ether oxygens (including phenoxy) is 1. The second-order valence-corrected chi connectivity index (χ2v) is 3.78. The van der Waals surface area contributed by atoms with Gasteiger partial charge in [-0.1, -0.05) is 5.59 Å². The van der Waals surface area contributed by atoms with Gasteiger partial charge in [-0.2, -0.15) is 0 Å². The Morgan fingerprint density at radius 1 is 1.44 bits per heavy atom. The molecule has 1 heterocycles. The van der Waals surface area contributed by atoms with Crippen molar-refractivity contribution in [1.29, 1.82) is 0 Å². The summed E-state index contributed by atoms with van der Waals surface area (Å²) in [5, 5.41) is 1.07. The fraction of sp³-hybridized carbons (Fsp3) is 0.250. The lowest BCUT2D eigenvalue weighted by Crippen LogP contribution is -2.26. The zero-order valence-electron chi connectivity index (χ0n) is 10.1. The monoisotopic (exact) mass is 249 g/mol. The van der Waals surface area contributed by atoms with Crippen LogP contribution in [0.2, 0.25) is 0 Å². The standard InChI is InChI=1S/C12H15N3O3/c1-17-10-2-3-11-9(8-10)4-6-15(11)7-5-12(16)18-14-13/h2-4,6,8,14H,5,7,13H2,1H3. The number of benzene rings is 1. The first-order valence-corrected chi connectivity index (χ1v) is 5.53. The number of hydrogen-bond acceptors (Lipinski definition) is 5. The van der Waals surface area contributed by atoms with E-state index in [9.17, 15) is 4.79 Å². The van der Waals surface area contributed by atoms with Gasteiger partial charge in [0.25, 0.3) is 0 Å². The summed E-state index contributed by atoms with van der Waals surface area (Å²) in [7, 11) is 1.63. The Kier molecular flexibility index (Phi) is 3.81. The van der Waals surface area contributed by atoms with Crippen LogP contribution in [-0.2, 0) is 16.2 Å². The molecular formula is C12H15N3O3. The first-order valence-electron chi connectivity index (χ1n) is 5.53. The summed E-state index contributed by atoms with van der Waals surface area (Å²) in [5.41, 5.74) is 2.92. The van der Waals surface area contributed by atoms with Crippen LogP contribution in [0.4, 0.5) is 0 Å². The minimum absolute atomic E-state index is 0.250. The molecule has 0 aliphatic rings. The molecule has 0 radical (unpaired) electrons. The van der Waals surface area contributed by atoms with Crippen molar-refractivity contribution in [1.82, 2.24) is 10.2 Å². The predicted molar refractivity (Wildman–Crippen MR) is 66.5 cm³/mol. The third-order valence-corrected chi connectivity index (χ3v) is 2.71. The van der Waals surface area contributed by atoms with Gasteiger partial charge in [-0.3, -0.25) is 4.79 Å². The molecule has 0 aliphatic carbocycles. The van der Waals surface area contributed by atoms with Crippen LogP contribution in [0.1, 0.15) is 6.42 Å². The second-order valence-electron chi connectivity index (χ2n) is 3.78. The van der Waals surface area contributed by atoms with Crippen LogP contribution >= 0.6 is 0 Å². The van der Waals surface area contributed by atoms with Gasteiger partial charge >= 0.3 is 5.97 Å². The topological polar surface area (TPSA) is 78.5 Å². The van der Waals surface area contributed by atoms with E-state index in [0.29, 0.717) is 6.54 Å². The van der Waals surface area contributed by atoms with E-state index in [1.54, 1.807) is 7.11 Å². The average Bonchev–Trinajstić information content (AvgIpc) is 2.78. The van der Waals surface area contributed by atoms with E-state index in [-0.39, 0.29) is 6.42 Å². The van der Waals surface area contributed by atoms with Crippen molar-refractivity contribution in [2.75, 3.05) is 7.11 Å². The van der Waals surface area contributed by atoms with E-state index >= 15 is 0 Å². The Labute approximate surface area is 104 Å².